The van der Waals surface area contributed by atoms with Crippen LogP contribution in [-0.4, -0.2) is 39.0 Å². The molecule has 3 heterocycles. The molecular weight excluding hydrogens is 440 g/mol. The van der Waals surface area contributed by atoms with Crippen molar-refractivity contribution in [3.8, 4) is 11.3 Å². The van der Waals surface area contributed by atoms with Crippen LogP contribution >= 0.6 is 11.3 Å². The molecule has 168 valence electrons. The lowest BCUT2D eigenvalue weighted by molar-refractivity contribution is -0.119. The first kappa shape index (κ1) is 22.3. The van der Waals surface area contributed by atoms with Gasteiger partial charge in [-0.2, -0.15) is 5.10 Å². The molecule has 4 aromatic rings. The number of hydrogen-bond acceptors (Lipinski definition) is 7. The maximum Gasteiger partial charge on any atom is 0.339 e. The summed E-state index contributed by atoms with van der Waals surface area (Å²) < 4.78 is 7.02. The van der Waals surface area contributed by atoms with Crippen molar-refractivity contribution in [2.24, 2.45) is 7.05 Å². The summed E-state index contributed by atoms with van der Waals surface area (Å²) in [5, 5.41) is 7.68. The third-order valence-corrected chi connectivity index (χ3v) is 6.17. The highest BCUT2D eigenvalue weighted by Crippen LogP contribution is 2.27. The quantitative estimate of drug-likeness (QED) is 0.332. The van der Waals surface area contributed by atoms with Gasteiger partial charge in [0, 0.05) is 24.4 Å². The van der Waals surface area contributed by atoms with Crippen molar-refractivity contribution in [3.05, 3.63) is 69.5 Å². The van der Waals surface area contributed by atoms with Crippen LogP contribution in [-0.2, 0) is 23.1 Å². The van der Waals surface area contributed by atoms with Crippen molar-refractivity contribution in [1.29, 1.82) is 0 Å². The first-order valence-electron chi connectivity index (χ1n) is 10.3. The minimum Gasteiger partial charge on any atom is -0.454 e. The highest BCUT2D eigenvalue weighted by molar-refractivity contribution is 7.14. The van der Waals surface area contributed by atoms with Crippen LogP contribution in [0.5, 0.6) is 0 Å². The van der Waals surface area contributed by atoms with E-state index < -0.39 is 5.97 Å². The van der Waals surface area contributed by atoms with E-state index in [0.29, 0.717) is 39.4 Å². The summed E-state index contributed by atoms with van der Waals surface area (Å²) in [5.41, 5.74) is 3.00. The lowest BCUT2D eigenvalue weighted by atomic mass is 10.1. The van der Waals surface area contributed by atoms with Crippen LogP contribution in [0.3, 0.4) is 0 Å². The highest BCUT2D eigenvalue weighted by Gasteiger charge is 2.21. The molecule has 33 heavy (non-hydrogen) atoms. The summed E-state index contributed by atoms with van der Waals surface area (Å²) in [6, 6.07) is 14.6. The summed E-state index contributed by atoms with van der Waals surface area (Å²) in [5.74, 6) is -1.06. The number of thiophene rings is 1. The standard InChI is InChI=1S/C24H22N4O4S/c1-14-22-18(11-19(16-7-5-4-6-8-16)26-23(22)28(3)27-14)24(31)32-13-20(30)21-10-9-17(33-21)12-25-15(2)29/h4-11H,12-13H2,1-3H3,(H,25,29). The van der Waals surface area contributed by atoms with Gasteiger partial charge in [0.1, 0.15) is 0 Å². The zero-order chi connectivity index (χ0) is 23.5. The summed E-state index contributed by atoms with van der Waals surface area (Å²) in [4.78, 5) is 42.7. The third kappa shape index (κ3) is 4.83. The Bertz CT molecular complexity index is 1360. The molecule has 1 amide bonds. The zero-order valence-corrected chi connectivity index (χ0v) is 19.2. The van der Waals surface area contributed by atoms with Gasteiger partial charge in [-0.1, -0.05) is 30.3 Å². The van der Waals surface area contributed by atoms with E-state index in [1.54, 1.807) is 36.9 Å². The molecule has 0 spiro atoms. The molecule has 0 atom stereocenters. The Morgan fingerprint density at radius 3 is 2.61 bits per heavy atom. The van der Waals surface area contributed by atoms with Crippen molar-refractivity contribution in [2.75, 3.05) is 6.61 Å². The van der Waals surface area contributed by atoms with Gasteiger partial charge in [-0.15, -0.1) is 11.3 Å². The highest BCUT2D eigenvalue weighted by atomic mass is 32.1. The van der Waals surface area contributed by atoms with Crippen LogP contribution < -0.4 is 5.32 Å². The number of ketones is 1. The summed E-state index contributed by atoms with van der Waals surface area (Å²) in [7, 11) is 1.77. The van der Waals surface area contributed by atoms with Crippen molar-refractivity contribution in [2.45, 2.75) is 20.4 Å². The molecule has 0 unspecified atom stereocenters. The second-order valence-corrected chi connectivity index (χ2v) is 8.67. The molecular formula is C24H22N4O4S. The number of nitrogens with one attached hydrogen (secondary N) is 1. The number of hydrogen-bond donors (Lipinski definition) is 1. The van der Waals surface area contributed by atoms with E-state index in [2.05, 4.69) is 15.4 Å². The number of esters is 1. The number of Topliss-reactive ketones (excluding diaryl/α,β-unsaturated/α-hetero) is 1. The van der Waals surface area contributed by atoms with Gasteiger partial charge in [0.2, 0.25) is 11.7 Å². The summed E-state index contributed by atoms with van der Waals surface area (Å²) in [6.07, 6.45) is 0. The average Bonchev–Trinajstić information content (AvgIpc) is 3.40. The molecule has 0 aliphatic rings. The largest absolute Gasteiger partial charge is 0.454 e. The molecule has 3 aromatic heterocycles. The van der Waals surface area contributed by atoms with E-state index in [9.17, 15) is 14.4 Å². The number of pyridine rings is 1. The molecule has 0 aliphatic heterocycles. The number of fused-ring (bicyclic) bond motifs is 1. The van der Waals surface area contributed by atoms with Crippen molar-refractivity contribution < 1.29 is 19.1 Å². The van der Waals surface area contributed by atoms with Crippen LogP contribution in [0.2, 0.25) is 0 Å². The zero-order valence-electron chi connectivity index (χ0n) is 18.4. The molecule has 1 aromatic carbocycles. The van der Waals surface area contributed by atoms with Crippen molar-refractivity contribution in [1.82, 2.24) is 20.1 Å². The number of rotatable bonds is 7. The molecule has 0 saturated carbocycles. The number of aromatic nitrogens is 3. The lowest BCUT2D eigenvalue weighted by Gasteiger charge is -2.08. The maximum absolute atomic E-state index is 13.0. The predicted molar refractivity (Wildman–Crippen MR) is 125 cm³/mol. The number of ether oxygens (including phenoxy) is 1. The molecule has 1 N–H and O–H groups in total. The Balaban J connectivity index is 1.56. The fraction of sp³-hybridized carbons (Fsp3) is 0.208. The molecule has 4 rings (SSSR count). The Morgan fingerprint density at radius 2 is 1.88 bits per heavy atom. The fourth-order valence-corrected chi connectivity index (χ4v) is 4.35. The number of aryl methyl sites for hydroxylation is 2. The van der Waals surface area contributed by atoms with Gasteiger partial charge >= 0.3 is 5.97 Å². The van der Waals surface area contributed by atoms with Gasteiger partial charge in [-0.3, -0.25) is 14.3 Å². The second-order valence-electron chi connectivity index (χ2n) is 7.50. The van der Waals surface area contributed by atoms with Crippen molar-refractivity contribution in [3.63, 3.8) is 0 Å². The minimum atomic E-state index is -0.612. The minimum absolute atomic E-state index is 0.144. The topological polar surface area (TPSA) is 103 Å². The second kappa shape index (κ2) is 9.33. The first-order valence-corrected chi connectivity index (χ1v) is 11.1. The van der Waals surface area contributed by atoms with Crippen LogP contribution in [0.15, 0.2) is 48.5 Å². The number of carbonyl (C=O) groups excluding carboxylic acids is 3. The van der Waals surface area contributed by atoms with E-state index in [1.807, 2.05) is 30.3 Å². The van der Waals surface area contributed by atoms with Gasteiger partial charge in [-0.25, -0.2) is 9.78 Å². The van der Waals surface area contributed by atoms with Gasteiger partial charge in [-0.05, 0) is 25.1 Å². The molecule has 8 nitrogen and oxygen atoms in total. The van der Waals surface area contributed by atoms with Gasteiger partial charge < -0.3 is 10.1 Å². The van der Waals surface area contributed by atoms with Gasteiger partial charge in [0.25, 0.3) is 0 Å². The molecule has 0 bridgehead atoms. The smallest absolute Gasteiger partial charge is 0.339 e. The molecule has 0 fully saturated rings. The Kier molecular flexibility index (Phi) is 6.32. The van der Waals surface area contributed by atoms with Crippen LogP contribution in [0.25, 0.3) is 22.3 Å². The Hall–Kier alpha value is -3.85. The SMILES string of the molecule is CC(=O)NCc1ccc(C(=O)COC(=O)c2cc(-c3ccccc3)nc3c2c(C)nn3C)s1. The number of carbonyl (C=O) groups is 3. The number of amides is 1. The Labute approximate surface area is 194 Å². The van der Waals surface area contributed by atoms with E-state index >= 15 is 0 Å². The monoisotopic (exact) mass is 462 g/mol. The third-order valence-electron chi connectivity index (χ3n) is 5.04. The first-order chi connectivity index (χ1) is 15.8. The Morgan fingerprint density at radius 1 is 1.12 bits per heavy atom. The van der Waals surface area contributed by atoms with Crippen LogP contribution in [0, 0.1) is 6.92 Å². The van der Waals surface area contributed by atoms with Gasteiger partial charge in [0.15, 0.2) is 12.3 Å². The van der Waals surface area contributed by atoms with Crippen molar-refractivity contribution >= 4 is 40.0 Å². The number of benzene rings is 1. The summed E-state index contributed by atoms with van der Waals surface area (Å²) in [6.45, 7) is 3.20. The molecule has 0 radical (unpaired) electrons. The summed E-state index contributed by atoms with van der Waals surface area (Å²) >= 11 is 1.26. The van der Waals surface area contributed by atoms with E-state index in [4.69, 9.17) is 4.74 Å². The molecule has 0 saturated heterocycles. The van der Waals surface area contributed by atoms with E-state index in [0.717, 1.165) is 10.4 Å². The maximum atomic E-state index is 13.0. The normalized spacial score (nSPS) is 10.9. The fourth-order valence-electron chi connectivity index (χ4n) is 3.48. The lowest BCUT2D eigenvalue weighted by Crippen LogP contribution is -2.18. The number of nitrogens with zero attached hydrogens (tertiary/aromatic N) is 3. The van der Waals surface area contributed by atoms with E-state index in [1.165, 1.54) is 18.3 Å². The molecule has 0 aliphatic carbocycles. The van der Waals surface area contributed by atoms with Crippen LogP contribution in [0.4, 0.5) is 0 Å². The predicted octanol–water partition coefficient (Wildman–Crippen LogP) is 3.68. The van der Waals surface area contributed by atoms with Crippen LogP contribution in [0.1, 0.15) is 37.5 Å². The average molecular weight is 463 g/mol. The van der Waals surface area contributed by atoms with Gasteiger partial charge in [0.05, 0.1) is 33.8 Å². The van der Waals surface area contributed by atoms with E-state index in [-0.39, 0.29) is 18.3 Å². The molecule has 9 heteroatoms.